The zero-order valence-electron chi connectivity index (χ0n) is 10.1. The van der Waals surface area contributed by atoms with Crippen molar-refractivity contribution in [1.82, 2.24) is 9.97 Å². The minimum absolute atomic E-state index is 0.108. The van der Waals surface area contributed by atoms with Crippen LogP contribution in [0, 0.1) is 5.82 Å². The topological polar surface area (TPSA) is 54.7 Å². The monoisotopic (exact) mass is 267 g/mol. The lowest BCUT2D eigenvalue weighted by Gasteiger charge is -2.06. The molecule has 0 aliphatic rings. The zero-order valence-corrected chi connectivity index (χ0v) is 10.8. The fourth-order valence-electron chi connectivity index (χ4n) is 1.82. The summed E-state index contributed by atoms with van der Waals surface area (Å²) in [5, 5.41) is 0.356. The first-order chi connectivity index (χ1) is 8.61. The minimum Gasteiger partial charge on any atom is -0.341 e. The van der Waals surface area contributed by atoms with Crippen LogP contribution in [0.2, 0.25) is 5.02 Å². The van der Waals surface area contributed by atoms with Crippen LogP contribution in [0.3, 0.4) is 0 Å². The number of imidazole rings is 1. The van der Waals surface area contributed by atoms with Crippen LogP contribution in [-0.4, -0.2) is 9.97 Å². The van der Waals surface area contributed by atoms with Gasteiger partial charge in [0.1, 0.15) is 11.6 Å². The van der Waals surface area contributed by atoms with Crippen LogP contribution in [0.5, 0.6) is 0 Å². The molecule has 0 aliphatic carbocycles. The summed E-state index contributed by atoms with van der Waals surface area (Å²) in [4.78, 5) is 7.37. The van der Waals surface area contributed by atoms with E-state index >= 15 is 0 Å². The van der Waals surface area contributed by atoms with Gasteiger partial charge in [-0.05, 0) is 24.6 Å². The van der Waals surface area contributed by atoms with Gasteiger partial charge in [-0.2, -0.15) is 0 Å². The Hall–Kier alpha value is -1.39. The maximum atomic E-state index is 13.0. The molecule has 96 valence electrons. The predicted molar refractivity (Wildman–Crippen MR) is 70.8 cm³/mol. The van der Waals surface area contributed by atoms with Crippen molar-refractivity contribution < 1.29 is 4.39 Å². The minimum atomic E-state index is -0.355. The Morgan fingerprint density at radius 1 is 1.50 bits per heavy atom. The molecule has 3 N–H and O–H groups in total. The average molecular weight is 268 g/mol. The van der Waals surface area contributed by atoms with Crippen molar-refractivity contribution in [3.05, 3.63) is 41.1 Å². The largest absolute Gasteiger partial charge is 0.341 e. The van der Waals surface area contributed by atoms with E-state index in [2.05, 4.69) is 16.9 Å². The molecule has 5 heteroatoms. The van der Waals surface area contributed by atoms with E-state index in [4.69, 9.17) is 17.3 Å². The number of aromatic nitrogens is 2. The van der Waals surface area contributed by atoms with Crippen molar-refractivity contribution in [3.8, 4) is 11.3 Å². The van der Waals surface area contributed by atoms with Crippen molar-refractivity contribution in [1.29, 1.82) is 0 Å². The number of nitrogens with two attached hydrogens (primary N) is 1. The van der Waals surface area contributed by atoms with E-state index in [1.807, 2.05) is 0 Å². The third-order valence-corrected chi connectivity index (χ3v) is 3.08. The quantitative estimate of drug-likeness (QED) is 0.888. The molecule has 0 amide bonds. The van der Waals surface area contributed by atoms with Crippen LogP contribution in [0.1, 0.15) is 31.6 Å². The molecule has 0 saturated heterocycles. The predicted octanol–water partition coefficient (Wildman–Crippen LogP) is 3.67. The van der Waals surface area contributed by atoms with Gasteiger partial charge in [-0.15, -0.1) is 0 Å². The van der Waals surface area contributed by atoms with Gasteiger partial charge in [-0.1, -0.05) is 24.9 Å². The standard InChI is InChI=1S/C13H15ClFN3/c1-2-3-11(16)13-17-7-12(18-13)9-5-4-8(15)6-10(9)14/h4-7,11H,2-3,16H2,1H3,(H,17,18). The fraction of sp³-hybridized carbons (Fsp3) is 0.308. The average Bonchev–Trinajstić information content (AvgIpc) is 2.78. The highest BCUT2D eigenvalue weighted by Gasteiger charge is 2.12. The molecule has 1 heterocycles. The molecule has 1 aromatic heterocycles. The molecule has 3 nitrogen and oxygen atoms in total. The summed E-state index contributed by atoms with van der Waals surface area (Å²) in [6.45, 7) is 2.07. The summed E-state index contributed by atoms with van der Waals surface area (Å²) < 4.78 is 13.0. The van der Waals surface area contributed by atoms with E-state index in [1.54, 1.807) is 12.3 Å². The highest BCUT2D eigenvalue weighted by atomic mass is 35.5. The summed E-state index contributed by atoms with van der Waals surface area (Å²) >= 11 is 6.00. The van der Waals surface area contributed by atoms with Crippen LogP contribution in [0.4, 0.5) is 4.39 Å². The summed E-state index contributed by atoms with van der Waals surface area (Å²) in [7, 11) is 0. The Labute approximate surface area is 110 Å². The van der Waals surface area contributed by atoms with E-state index in [9.17, 15) is 4.39 Å². The van der Waals surface area contributed by atoms with E-state index in [0.29, 0.717) is 5.02 Å². The first-order valence-corrected chi connectivity index (χ1v) is 6.25. The SMILES string of the molecule is CCCC(N)c1ncc(-c2ccc(F)cc2Cl)[nH]1. The summed E-state index contributed by atoms with van der Waals surface area (Å²) in [5.74, 6) is 0.374. The third kappa shape index (κ3) is 2.71. The van der Waals surface area contributed by atoms with Gasteiger partial charge in [-0.3, -0.25) is 0 Å². The number of nitrogens with zero attached hydrogens (tertiary/aromatic N) is 1. The van der Waals surface area contributed by atoms with Crippen molar-refractivity contribution in [2.45, 2.75) is 25.8 Å². The number of hydrogen-bond acceptors (Lipinski definition) is 2. The van der Waals surface area contributed by atoms with Crippen molar-refractivity contribution in [2.24, 2.45) is 5.73 Å². The maximum absolute atomic E-state index is 13.0. The molecule has 0 aliphatic heterocycles. The molecular formula is C13H15ClFN3. The van der Waals surface area contributed by atoms with Crippen molar-refractivity contribution >= 4 is 11.6 Å². The Kier molecular flexibility index (Phi) is 3.99. The van der Waals surface area contributed by atoms with Crippen LogP contribution in [0.15, 0.2) is 24.4 Å². The van der Waals surface area contributed by atoms with E-state index in [-0.39, 0.29) is 11.9 Å². The second kappa shape index (κ2) is 5.50. The first-order valence-electron chi connectivity index (χ1n) is 5.87. The summed E-state index contributed by atoms with van der Waals surface area (Å²) in [6.07, 6.45) is 3.53. The Morgan fingerprint density at radius 3 is 2.94 bits per heavy atom. The lowest BCUT2D eigenvalue weighted by Crippen LogP contribution is -2.11. The van der Waals surface area contributed by atoms with Crippen LogP contribution in [-0.2, 0) is 0 Å². The number of H-pyrrole nitrogens is 1. The lowest BCUT2D eigenvalue weighted by atomic mass is 10.1. The lowest BCUT2D eigenvalue weighted by molar-refractivity contribution is 0.609. The number of hydrogen-bond donors (Lipinski definition) is 2. The molecule has 0 spiro atoms. The molecule has 0 saturated carbocycles. The fourth-order valence-corrected chi connectivity index (χ4v) is 2.09. The van der Waals surface area contributed by atoms with Gasteiger partial charge in [0.15, 0.2) is 0 Å². The smallest absolute Gasteiger partial charge is 0.124 e. The van der Waals surface area contributed by atoms with Gasteiger partial charge in [0, 0.05) is 5.56 Å². The molecule has 1 atom stereocenters. The zero-order chi connectivity index (χ0) is 13.1. The first kappa shape index (κ1) is 13.1. The molecule has 1 unspecified atom stereocenters. The molecule has 18 heavy (non-hydrogen) atoms. The molecule has 0 bridgehead atoms. The number of aromatic amines is 1. The highest BCUT2D eigenvalue weighted by Crippen LogP contribution is 2.28. The normalized spacial score (nSPS) is 12.7. The maximum Gasteiger partial charge on any atom is 0.124 e. The van der Waals surface area contributed by atoms with E-state index in [1.165, 1.54) is 12.1 Å². The van der Waals surface area contributed by atoms with Crippen LogP contribution >= 0.6 is 11.6 Å². The summed E-state index contributed by atoms with van der Waals surface area (Å²) in [5.41, 5.74) is 7.45. The van der Waals surface area contributed by atoms with Crippen LogP contribution in [0.25, 0.3) is 11.3 Å². The molecule has 2 rings (SSSR count). The number of halogens is 2. The Balaban J connectivity index is 2.29. The molecule has 0 fully saturated rings. The number of benzene rings is 1. The number of rotatable bonds is 4. The van der Waals surface area contributed by atoms with Gasteiger partial charge in [0.05, 0.1) is 23.0 Å². The second-order valence-corrected chi connectivity index (χ2v) is 4.61. The Bertz CT molecular complexity index is 539. The van der Waals surface area contributed by atoms with Gasteiger partial charge < -0.3 is 10.7 Å². The molecule has 2 aromatic rings. The third-order valence-electron chi connectivity index (χ3n) is 2.77. The molecular weight excluding hydrogens is 253 g/mol. The van der Waals surface area contributed by atoms with Gasteiger partial charge in [-0.25, -0.2) is 9.37 Å². The van der Waals surface area contributed by atoms with Gasteiger partial charge >= 0.3 is 0 Å². The number of nitrogens with one attached hydrogen (secondary N) is 1. The second-order valence-electron chi connectivity index (χ2n) is 4.20. The Morgan fingerprint density at radius 2 is 2.28 bits per heavy atom. The van der Waals surface area contributed by atoms with E-state index < -0.39 is 0 Å². The van der Waals surface area contributed by atoms with Gasteiger partial charge in [0.25, 0.3) is 0 Å². The van der Waals surface area contributed by atoms with Crippen LogP contribution < -0.4 is 5.73 Å². The molecule has 0 radical (unpaired) electrons. The van der Waals surface area contributed by atoms with Gasteiger partial charge in [0.2, 0.25) is 0 Å². The highest BCUT2D eigenvalue weighted by molar-refractivity contribution is 6.33. The summed E-state index contributed by atoms with van der Waals surface area (Å²) in [6, 6.07) is 4.17. The molecule has 1 aromatic carbocycles. The van der Waals surface area contributed by atoms with E-state index in [0.717, 1.165) is 29.9 Å². The van der Waals surface area contributed by atoms with Crippen molar-refractivity contribution in [3.63, 3.8) is 0 Å². The van der Waals surface area contributed by atoms with Crippen molar-refractivity contribution in [2.75, 3.05) is 0 Å².